The Bertz CT molecular complexity index is 363. The fraction of sp³-hybridized carbons (Fsp3) is 0.462. The van der Waals surface area contributed by atoms with Crippen molar-refractivity contribution >= 4 is 17.7 Å². The van der Waals surface area contributed by atoms with Gasteiger partial charge < -0.3 is 15.2 Å². The molecule has 1 amide bonds. The van der Waals surface area contributed by atoms with Crippen LogP contribution < -0.4 is 10.1 Å². The molecule has 0 saturated carbocycles. The van der Waals surface area contributed by atoms with Crippen LogP contribution in [0, 0.1) is 0 Å². The van der Waals surface area contributed by atoms with Crippen molar-refractivity contribution in [2.24, 2.45) is 0 Å². The molecule has 4 nitrogen and oxygen atoms in total. The quantitative estimate of drug-likeness (QED) is 0.739. The van der Waals surface area contributed by atoms with Gasteiger partial charge in [-0.1, -0.05) is 6.92 Å². The summed E-state index contributed by atoms with van der Waals surface area (Å²) in [7, 11) is 1.62. The van der Waals surface area contributed by atoms with Gasteiger partial charge in [0.2, 0.25) is 5.91 Å². The zero-order valence-electron chi connectivity index (χ0n) is 10.7. The molecule has 0 heterocycles. The average Bonchev–Trinajstić information content (AvgIpc) is 2.43. The van der Waals surface area contributed by atoms with Crippen LogP contribution in [0.5, 0.6) is 5.75 Å². The summed E-state index contributed by atoms with van der Waals surface area (Å²) in [5.74, 6) is 1.09. The van der Waals surface area contributed by atoms with Crippen molar-refractivity contribution in [3.05, 3.63) is 24.3 Å². The number of aliphatic hydroxyl groups is 1. The molecule has 1 aromatic carbocycles. The summed E-state index contributed by atoms with van der Waals surface area (Å²) >= 11 is 1.46. The van der Waals surface area contributed by atoms with E-state index in [1.54, 1.807) is 7.11 Å². The molecule has 1 atom stereocenters. The minimum Gasteiger partial charge on any atom is -0.497 e. The lowest BCUT2D eigenvalue weighted by molar-refractivity contribution is -0.119. The number of methoxy groups -OCH3 is 1. The minimum absolute atomic E-state index is 0.0184. The Morgan fingerprint density at radius 1 is 1.44 bits per heavy atom. The molecule has 0 aliphatic carbocycles. The van der Waals surface area contributed by atoms with Crippen LogP contribution in [0.15, 0.2) is 29.2 Å². The Kier molecular flexibility index (Phi) is 6.60. The summed E-state index contributed by atoms with van der Waals surface area (Å²) in [6.45, 7) is 1.91. The fourth-order valence-electron chi connectivity index (χ4n) is 1.37. The maximum Gasteiger partial charge on any atom is 0.230 e. The van der Waals surface area contributed by atoms with Gasteiger partial charge in [-0.3, -0.25) is 4.79 Å². The number of ether oxygens (including phenoxy) is 1. The van der Waals surface area contributed by atoms with Gasteiger partial charge in [0.15, 0.2) is 0 Å². The van der Waals surface area contributed by atoms with E-state index in [-0.39, 0.29) is 18.6 Å². The van der Waals surface area contributed by atoms with Gasteiger partial charge in [-0.2, -0.15) is 0 Å². The monoisotopic (exact) mass is 269 g/mol. The molecule has 0 bridgehead atoms. The summed E-state index contributed by atoms with van der Waals surface area (Å²) in [5, 5.41) is 11.8. The summed E-state index contributed by atoms with van der Waals surface area (Å²) in [4.78, 5) is 12.6. The zero-order chi connectivity index (χ0) is 13.4. The SMILES string of the molecule is CC[C@@H](CO)NC(=O)CSc1ccc(OC)cc1. The molecule has 0 saturated heterocycles. The minimum atomic E-state index is -0.144. The molecule has 18 heavy (non-hydrogen) atoms. The summed E-state index contributed by atoms with van der Waals surface area (Å²) in [6, 6.07) is 7.42. The Labute approximate surface area is 112 Å². The van der Waals surface area contributed by atoms with Gasteiger partial charge in [-0.25, -0.2) is 0 Å². The van der Waals surface area contributed by atoms with E-state index in [0.717, 1.165) is 17.1 Å². The van der Waals surface area contributed by atoms with Crippen molar-refractivity contribution in [3.63, 3.8) is 0 Å². The molecule has 0 unspecified atom stereocenters. The normalized spacial score (nSPS) is 11.9. The number of hydrogen-bond acceptors (Lipinski definition) is 4. The predicted molar refractivity (Wildman–Crippen MR) is 73.0 cm³/mol. The van der Waals surface area contributed by atoms with E-state index in [4.69, 9.17) is 9.84 Å². The Morgan fingerprint density at radius 2 is 2.11 bits per heavy atom. The summed E-state index contributed by atoms with van der Waals surface area (Å²) in [6.07, 6.45) is 0.732. The Morgan fingerprint density at radius 3 is 2.61 bits per heavy atom. The van der Waals surface area contributed by atoms with Crippen molar-refractivity contribution in [1.82, 2.24) is 5.32 Å². The van der Waals surface area contributed by atoms with Gasteiger partial charge in [0.1, 0.15) is 5.75 Å². The number of nitrogens with one attached hydrogen (secondary N) is 1. The smallest absolute Gasteiger partial charge is 0.230 e. The number of amides is 1. The molecule has 0 aliphatic heterocycles. The molecule has 0 aromatic heterocycles. The van der Waals surface area contributed by atoms with Gasteiger partial charge in [0, 0.05) is 4.90 Å². The highest BCUT2D eigenvalue weighted by atomic mass is 32.2. The molecule has 5 heteroatoms. The first-order valence-electron chi connectivity index (χ1n) is 5.86. The van der Waals surface area contributed by atoms with Gasteiger partial charge in [0.05, 0.1) is 25.5 Å². The van der Waals surface area contributed by atoms with Crippen LogP contribution in [0.25, 0.3) is 0 Å². The van der Waals surface area contributed by atoms with Crippen molar-refractivity contribution in [1.29, 1.82) is 0 Å². The number of rotatable bonds is 7. The Hall–Kier alpha value is -1.20. The van der Waals surface area contributed by atoms with Crippen molar-refractivity contribution < 1.29 is 14.6 Å². The van der Waals surface area contributed by atoms with Crippen molar-refractivity contribution in [2.45, 2.75) is 24.3 Å². The third kappa shape index (κ3) is 4.98. The first kappa shape index (κ1) is 14.9. The number of hydrogen-bond donors (Lipinski definition) is 2. The first-order valence-corrected chi connectivity index (χ1v) is 6.85. The molecular formula is C13H19NO3S. The third-order valence-electron chi connectivity index (χ3n) is 2.51. The topological polar surface area (TPSA) is 58.6 Å². The molecule has 2 N–H and O–H groups in total. The van der Waals surface area contributed by atoms with Gasteiger partial charge in [-0.05, 0) is 30.7 Å². The average molecular weight is 269 g/mol. The summed E-state index contributed by atoms with van der Waals surface area (Å²) < 4.78 is 5.06. The molecule has 0 aliphatic rings. The van der Waals surface area contributed by atoms with Crippen LogP contribution in [0.3, 0.4) is 0 Å². The maximum atomic E-state index is 11.6. The van der Waals surface area contributed by atoms with E-state index in [2.05, 4.69) is 5.32 Å². The van der Waals surface area contributed by atoms with Crippen LogP contribution in [0.4, 0.5) is 0 Å². The van der Waals surface area contributed by atoms with Crippen LogP contribution in [0.2, 0.25) is 0 Å². The number of carbonyl (C=O) groups is 1. The van der Waals surface area contributed by atoms with E-state index in [0.29, 0.717) is 5.75 Å². The lowest BCUT2D eigenvalue weighted by Gasteiger charge is -2.13. The summed E-state index contributed by atoms with van der Waals surface area (Å²) in [5.41, 5.74) is 0. The molecule has 1 rings (SSSR count). The second-order valence-electron chi connectivity index (χ2n) is 3.82. The predicted octanol–water partition coefficient (Wildman–Crippen LogP) is 1.67. The van der Waals surface area contributed by atoms with Crippen molar-refractivity contribution in [2.75, 3.05) is 19.5 Å². The molecule has 100 valence electrons. The highest BCUT2D eigenvalue weighted by molar-refractivity contribution is 8.00. The third-order valence-corrected chi connectivity index (χ3v) is 3.52. The number of aliphatic hydroxyl groups excluding tert-OH is 1. The lowest BCUT2D eigenvalue weighted by atomic mass is 10.2. The largest absolute Gasteiger partial charge is 0.497 e. The standard InChI is InChI=1S/C13H19NO3S/c1-3-10(8-15)14-13(16)9-18-12-6-4-11(17-2)5-7-12/h4-7,10,15H,3,8-9H2,1-2H3,(H,14,16)/t10-/m0/s1. The van der Waals surface area contributed by atoms with E-state index in [9.17, 15) is 4.79 Å². The first-order chi connectivity index (χ1) is 8.69. The maximum absolute atomic E-state index is 11.6. The van der Waals surface area contributed by atoms with Crippen LogP contribution in [-0.4, -0.2) is 36.5 Å². The molecule has 0 fully saturated rings. The van der Waals surface area contributed by atoms with Gasteiger partial charge in [-0.15, -0.1) is 11.8 Å². The van der Waals surface area contributed by atoms with Gasteiger partial charge in [0.25, 0.3) is 0 Å². The van der Waals surface area contributed by atoms with E-state index in [1.807, 2.05) is 31.2 Å². The van der Waals surface area contributed by atoms with E-state index in [1.165, 1.54) is 11.8 Å². The van der Waals surface area contributed by atoms with Crippen LogP contribution in [-0.2, 0) is 4.79 Å². The number of benzene rings is 1. The van der Waals surface area contributed by atoms with Crippen LogP contribution >= 0.6 is 11.8 Å². The lowest BCUT2D eigenvalue weighted by Crippen LogP contribution is -2.37. The van der Waals surface area contributed by atoms with Crippen molar-refractivity contribution in [3.8, 4) is 5.75 Å². The van der Waals surface area contributed by atoms with Gasteiger partial charge >= 0.3 is 0 Å². The van der Waals surface area contributed by atoms with Crippen LogP contribution in [0.1, 0.15) is 13.3 Å². The zero-order valence-corrected chi connectivity index (χ0v) is 11.5. The highest BCUT2D eigenvalue weighted by Gasteiger charge is 2.09. The Balaban J connectivity index is 2.37. The van der Waals surface area contributed by atoms with E-state index < -0.39 is 0 Å². The highest BCUT2D eigenvalue weighted by Crippen LogP contribution is 2.20. The van der Waals surface area contributed by atoms with E-state index >= 15 is 0 Å². The molecular weight excluding hydrogens is 250 g/mol. The number of thioether (sulfide) groups is 1. The molecule has 0 spiro atoms. The second-order valence-corrected chi connectivity index (χ2v) is 4.87. The molecule has 0 radical (unpaired) electrons. The fourth-order valence-corrected chi connectivity index (χ4v) is 2.08. The second kappa shape index (κ2) is 8.00. The number of carbonyl (C=O) groups excluding carboxylic acids is 1. The molecule has 1 aromatic rings.